The maximum Gasteiger partial charge on any atom is 0.326 e. The van der Waals surface area contributed by atoms with E-state index in [0.717, 1.165) is 12.9 Å². The Morgan fingerprint density at radius 2 is 2.16 bits per heavy atom. The molecule has 108 valence electrons. The summed E-state index contributed by atoms with van der Waals surface area (Å²) >= 11 is 1.58. The van der Waals surface area contributed by atoms with Crippen molar-refractivity contribution in [3.63, 3.8) is 0 Å². The SMILES string of the molecule is C=CCSCCNC(=O)N[C@@H](CC(=O)OC)C(=O)O. The van der Waals surface area contributed by atoms with Gasteiger partial charge >= 0.3 is 18.0 Å². The van der Waals surface area contributed by atoms with Gasteiger partial charge < -0.3 is 20.5 Å². The number of amides is 2. The molecule has 3 N–H and O–H groups in total. The fourth-order valence-electron chi connectivity index (χ4n) is 1.06. The van der Waals surface area contributed by atoms with Gasteiger partial charge in [-0.2, -0.15) is 11.8 Å². The maximum absolute atomic E-state index is 11.4. The van der Waals surface area contributed by atoms with Crippen molar-refractivity contribution in [1.82, 2.24) is 10.6 Å². The molecule has 0 aromatic rings. The van der Waals surface area contributed by atoms with Gasteiger partial charge in [-0.3, -0.25) is 4.79 Å². The van der Waals surface area contributed by atoms with E-state index in [4.69, 9.17) is 5.11 Å². The van der Waals surface area contributed by atoms with Crippen LogP contribution in [0.25, 0.3) is 0 Å². The van der Waals surface area contributed by atoms with Crippen LogP contribution in [0.4, 0.5) is 4.79 Å². The lowest BCUT2D eigenvalue weighted by molar-refractivity contribution is -0.147. The van der Waals surface area contributed by atoms with Gasteiger partial charge in [0.15, 0.2) is 0 Å². The fraction of sp³-hybridized carbons (Fsp3) is 0.545. The predicted octanol–water partition coefficient (Wildman–Crippen LogP) is 0.221. The van der Waals surface area contributed by atoms with Gasteiger partial charge in [0.25, 0.3) is 0 Å². The summed E-state index contributed by atoms with van der Waals surface area (Å²) in [6.45, 7) is 3.96. The minimum Gasteiger partial charge on any atom is -0.480 e. The third kappa shape index (κ3) is 8.95. The summed E-state index contributed by atoms with van der Waals surface area (Å²) in [7, 11) is 1.15. The number of ether oxygens (including phenoxy) is 1. The van der Waals surface area contributed by atoms with Crippen LogP contribution in [0.15, 0.2) is 12.7 Å². The summed E-state index contributed by atoms with van der Waals surface area (Å²) in [5.41, 5.74) is 0. The molecule has 0 radical (unpaired) electrons. The van der Waals surface area contributed by atoms with Crippen LogP contribution in [-0.2, 0) is 14.3 Å². The molecule has 0 aliphatic carbocycles. The highest BCUT2D eigenvalue weighted by molar-refractivity contribution is 7.99. The standard InChI is InChI=1S/C11H18N2O5S/c1-3-5-19-6-4-12-11(17)13-8(10(15)16)7-9(14)18-2/h3,8H,1,4-7H2,2H3,(H,15,16)(H2,12,13,17)/t8-/m0/s1. The normalized spacial score (nSPS) is 11.2. The average molecular weight is 290 g/mol. The van der Waals surface area contributed by atoms with Gasteiger partial charge in [-0.05, 0) is 0 Å². The van der Waals surface area contributed by atoms with Crippen LogP contribution in [0.5, 0.6) is 0 Å². The molecule has 1 atom stereocenters. The van der Waals surface area contributed by atoms with Gasteiger partial charge in [-0.25, -0.2) is 9.59 Å². The van der Waals surface area contributed by atoms with Gasteiger partial charge in [0.1, 0.15) is 6.04 Å². The molecule has 0 saturated heterocycles. The van der Waals surface area contributed by atoms with Crippen LogP contribution < -0.4 is 10.6 Å². The number of carbonyl (C=O) groups is 3. The summed E-state index contributed by atoms with van der Waals surface area (Å²) in [6.07, 6.45) is 1.34. The van der Waals surface area contributed by atoms with Crippen LogP contribution >= 0.6 is 11.8 Å². The third-order valence-electron chi connectivity index (χ3n) is 1.97. The van der Waals surface area contributed by atoms with Crippen molar-refractivity contribution in [2.75, 3.05) is 25.2 Å². The predicted molar refractivity (Wildman–Crippen MR) is 72.1 cm³/mol. The number of carbonyl (C=O) groups excluding carboxylic acids is 2. The van der Waals surface area contributed by atoms with Crippen molar-refractivity contribution in [3.05, 3.63) is 12.7 Å². The lowest BCUT2D eigenvalue weighted by Gasteiger charge is -2.13. The molecule has 0 aromatic carbocycles. The summed E-state index contributed by atoms with van der Waals surface area (Å²) in [4.78, 5) is 33.2. The van der Waals surface area contributed by atoms with Gasteiger partial charge in [0.2, 0.25) is 0 Å². The van der Waals surface area contributed by atoms with Crippen LogP contribution in [0, 0.1) is 0 Å². The van der Waals surface area contributed by atoms with Crippen LogP contribution in [-0.4, -0.2) is 54.3 Å². The molecular formula is C11H18N2O5S. The number of carboxylic acid groups (broad SMARTS) is 1. The van der Waals surface area contributed by atoms with Crippen molar-refractivity contribution in [2.24, 2.45) is 0 Å². The minimum atomic E-state index is -1.30. The number of hydrogen-bond acceptors (Lipinski definition) is 5. The third-order valence-corrected chi connectivity index (χ3v) is 2.93. The van der Waals surface area contributed by atoms with E-state index in [-0.39, 0.29) is 0 Å². The second-order valence-electron chi connectivity index (χ2n) is 3.43. The van der Waals surface area contributed by atoms with E-state index in [0.29, 0.717) is 12.3 Å². The Bertz CT molecular complexity index is 335. The number of methoxy groups -OCH3 is 1. The first-order valence-electron chi connectivity index (χ1n) is 5.53. The molecule has 0 unspecified atom stereocenters. The lowest BCUT2D eigenvalue weighted by Crippen LogP contribution is -2.47. The minimum absolute atomic E-state index is 0.398. The van der Waals surface area contributed by atoms with E-state index in [9.17, 15) is 14.4 Å². The Morgan fingerprint density at radius 3 is 2.68 bits per heavy atom. The maximum atomic E-state index is 11.4. The molecular weight excluding hydrogens is 272 g/mol. The van der Waals surface area contributed by atoms with Crippen molar-refractivity contribution in [3.8, 4) is 0 Å². The molecule has 7 nitrogen and oxygen atoms in total. The van der Waals surface area contributed by atoms with Gasteiger partial charge in [0.05, 0.1) is 13.5 Å². The Labute approximate surface area is 115 Å². The van der Waals surface area contributed by atoms with Crippen LogP contribution in [0.2, 0.25) is 0 Å². The summed E-state index contributed by atoms with van der Waals surface area (Å²) in [6, 6.07) is -1.93. The number of esters is 1. The molecule has 0 saturated carbocycles. The van der Waals surface area contributed by atoms with Crippen molar-refractivity contribution < 1.29 is 24.2 Å². The summed E-state index contributed by atoms with van der Waals surface area (Å²) in [5, 5.41) is 13.5. The second kappa shape index (κ2) is 10.2. The van der Waals surface area contributed by atoms with E-state index in [2.05, 4.69) is 21.9 Å². The first kappa shape index (κ1) is 17.3. The van der Waals surface area contributed by atoms with E-state index < -0.39 is 30.4 Å². The van der Waals surface area contributed by atoms with E-state index in [1.807, 2.05) is 0 Å². The van der Waals surface area contributed by atoms with Crippen molar-refractivity contribution >= 4 is 29.7 Å². The Hall–Kier alpha value is -1.70. The monoisotopic (exact) mass is 290 g/mol. The first-order chi connectivity index (χ1) is 9.01. The zero-order valence-corrected chi connectivity index (χ0v) is 11.5. The molecule has 2 amide bonds. The number of aliphatic carboxylic acids is 1. The quantitative estimate of drug-likeness (QED) is 0.319. The molecule has 0 spiro atoms. The molecule has 0 rings (SSSR count). The van der Waals surface area contributed by atoms with E-state index in [1.54, 1.807) is 17.8 Å². The zero-order chi connectivity index (χ0) is 14.7. The topological polar surface area (TPSA) is 105 Å². The van der Waals surface area contributed by atoms with Crippen LogP contribution in [0.1, 0.15) is 6.42 Å². The molecule has 0 aromatic heterocycles. The summed E-state index contributed by atoms with van der Waals surface area (Å²) in [5.74, 6) is -0.520. The molecule has 8 heteroatoms. The Balaban J connectivity index is 4.00. The first-order valence-corrected chi connectivity index (χ1v) is 6.69. The number of urea groups is 1. The van der Waals surface area contributed by atoms with Crippen molar-refractivity contribution in [1.29, 1.82) is 0 Å². The largest absolute Gasteiger partial charge is 0.480 e. The average Bonchev–Trinajstić information content (AvgIpc) is 2.37. The van der Waals surface area contributed by atoms with Gasteiger partial charge in [-0.15, -0.1) is 6.58 Å². The molecule has 0 aliphatic rings. The second-order valence-corrected chi connectivity index (χ2v) is 4.58. The number of nitrogens with one attached hydrogen (secondary N) is 2. The molecule has 0 bridgehead atoms. The van der Waals surface area contributed by atoms with E-state index >= 15 is 0 Å². The van der Waals surface area contributed by atoms with E-state index in [1.165, 1.54) is 0 Å². The molecule has 0 fully saturated rings. The zero-order valence-electron chi connectivity index (χ0n) is 10.7. The number of thioether (sulfide) groups is 1. The summed E-state index contributed by atoms with van der Waals surface area (Å²) < 4.78 is 4.35. The smallest absolute Gasteiger partial charge is 0.326 e. The number of hydrogen-bond donors (Lipinski definition) is 3. The Morgan fingerprint density at radius 1 is 1.47 bits per heavy atom. The Kier molecular flexibility index (Phi) is 9.33. The highest BCUT2D eigenvalue weighted by Gasteiger charge is 2.23. The van der Waals surface area contributed by atoms with Crippen LogP contribution in [0.3, 0.4) is 0 Å². The number of rotatable bonds is 9. The van der Waals surface area contributed by atoms with Gasteiger partial charge in [-0.1, -0.05) is 6.08 Å². The fourth-order valence-corrected chi connectivity index (χ4v) is 1.64. The molecule has 19 heavy (non-hydrogen) atoms. The highest BCUT2D eigenvalue weighted by Crippen LogP contribution is 1.97. The number of carboxylic acids is 1. The highest BCUT2D eigenvalue weighted by atomic mass is 32.2. The van der Waals surface area contributed by atoms with Crippen molar-refractivity contribution in [2.45, 2.75) is 12.5 Å². The lowest BCUT2D eigenvalue weighted by atomic mass is 10.2. The molecule has 0 aliphatic heterocycles. The van der Waals surface area contributed by atoms with Gasteiger partial charge in [0, 0.05) is 18.1 Å². The molecule has 0 heterocycles.